The van der Waals surface area contributed by atoms with E-state index in [-0.39, 0.29) is 23.6 Å². The standard InChI is InChI=1S/C29H32FN3O4/c1-29(2)14-22-27(23(34)15-29)26(21(16-31)28(32)33(22)11-12-35-3)19-7-10-24(25(13-19)36-4)37-17-18-5-8-20(30)9-6-18/h5-10,13,26H,11-12,14-15,17,32H2,1-4H3/t26-/m1/s1. The van der Waals surface area contributed by atoms with E-state index in [9.17, 15) is 14.4 Å². The largest absolute Gasteiger partial charge is 0.493 e. The van der Waals surface area contributed by atoms with Crippen molar-refractivity contribution in [1.29, 1.82) is 5.26 Å². The minimum atomic E-state index is -0.609. The highest BCUT2D eigenvalue weighted by Gasteiger charge is 2.44. The van der Waals surface area contributed by atoms with Crippen molar-refractivity contribution in [3.63, 3.8) is 0 Å². The summed E-state index contributed by atoms with van der Waals surface area (Å²) in [6, 6.07) is 13.7. The second-order valence-corrected chi connectivity index (χ2v) is 10.1. The molecule has 0 bridgehead atoms. The van der Waals surface area contributed by atoms with Crippen LogP contribution in [0.15, 0.2) is 65.1 Å². The number of methoxy groups -OCH3 is 2. The summed E-state index contributed by atoms with van der Waals surface area (Å²) in [5.74, 6) is 0.382. The number of allylic oxidation sites excluding steroid dienone is 3. The van der Waals surface area contributed by atoms with Gasteiger partial charge in [-0.3, -0.25) is 4.79 Å². The Morgan fingerprint density at radius 1 is 1.14 bits per heavy atom. The first-order chi connectivity index (χ1) is 17.7. The summed E-state index contributed by atoms with van der Waals surface area (Å²) < 4.78 is 30.0. The number of carbonyl (C=O) groups excluding carboxylic acids is 1. The zero-order valence-electron chi connectivity index (χ0n) is 21.6. The Balaban J connectivity index is 1.74. The molecular weight excluding hydrogens is 473 g/mol. The predicted octanol–water partition coefficient (Wildman–Crippen LogP) is 4.80. The monoisotopic (exact) mass is 505 g/mol. The van der Waals surface area contributed by atoms with E-state index in [2.05, 4.69) is 19.9 Å². The molecule has 1 aliphatic carbocycles. The van der Waals surface area contributed by atoms with Crippen LogP contribution in [0, 0.1) is 22.6 Å². The number of nitrogens with zero attached hydrogens (tertiary/aromatic N) is 2. The number of nitrogens with two attached hydrogens (primary N) is 1. The van der Waals surface area contributed by atoms with Gasteiger partial charge in [0.2, 0.25) is 0 Å². The van der Waals surface area contributed by atoms with Gasteiger partial charge in [0.1, 0.15) is 18.2 Å². The molecule has 0 unspecified atom stereocenters. The second kappa shape index (κ2) is 10.7. The van der Waals surface area contributed by atoms with Gasteiger partial charge in [0.05, 0.1) is 31.3 Å². The van der Waals surface area contributed by atoms with Crippen LogP contribution in [-0.4, -0.2) is 38.1 Å². The van der Waals surface area contributed by atoms with Crippen molar-refractivity contribution in [3.05, 3.63) is 82.1 Å². The average molecular weight is 506 g/mol. The van der Waals surface area contributed by atoms with Crippen LogP contribution >= 0.6 is 0 Å². The van der Waals surface area contributed by atoms with Crippen molar-refractivity contribution in [3.8, 4) is 17.6 Å². The summed E-state index contributed by atoms with van der Waals surface area (Å²) in [7, 11) is 3.14. The van der Waals surface area contributed by atoms with Gasteiger partial charge in [-0.2, -0.15) is 5.26 Å². The highest BCUT2D eigenvalue weighted by Crippen LogP contribution is 2.49. The van der Waals surface area contributed by atoms with Crippen LogP contribution in [0.2, 0.25) is 0 Å². The summed E-state index contributed by atoms with van der Waals surface area (Å²) in [5.41, 5.74) is 9.63. The summed E-state index contributed by atoms with van der Waals surface area (Å²) in [5, 5.41) is 10.2. The van der Waals surface area contributed by atoms with E-state index in [1.807, 2.05) is 11.0 Å². The van der Waals surface area contributed by atoms with E-state index in [1.54, 1.807) is 31.4 Å². The minimum absolute atomic E-state index is 0.00881. The third kappa shape index (κ3) is 5.32. The number of nitriles is 1. The summed E-state index contributed by atoms with van der Waals surface area (Å²) in [4.78, 5) is 15.4. The topological polar surface area (TPSA) is 97.8 Å². The quantitative estimate of drug-likeness (QED) is 0.551. The van der Waals surface area contributed by atoms with Crippen molar-refractivity contribution in [2.45, 2.75) is 39.2 Å². The minimum Gasteiger partial charge on any atom is -0.493 e. The van der Waals surface area contributed by atoms with Crippen molar-refractivity contribution in [1.82, 2.24) is 4.90 Å². The van der Waals surface area contributed by atoms with E-state index in [0.29, 0.717) is 54.5 Å². The van der Waals surface area contributed by atoms with Gasteiger partial charge in [-0.25, -0.2) is 4.39 Å². The Morgan fingerprint density at radius 2 is 1.86 bits per heavy atom. The lowest BCUT2D eigenvalue weighted by atomic mass is 9.68. The number of ether oxygens (including phenoxy) is 3. The zero-order chi connectivity index (χ0) is 26.7. The molecule has 2 aromatic rings. The van der Waals surface area contributed by atoms with Crippen LogP contribution in [0.3, 0.4) is 0 Å². The average Bonchev–Trinajstić information content (AvgIpc) is 2.86. The van der Waals surface area contributed by atoms with Gasteiger partial charge in [-0.15, -0.1) is 0 Å². The Bertz CT molecular complexity index is 1290. The first kappa shape index (κ1) is 26.2. The smallest absolute Gasteiger partial charge is 0.162 e. The van der Waals surface area contributed by atoms with Crippen molar-refractivity contribution < 1.29 is 23.4 Å². The molecule has 2 N–H and O–H groups in total. The van der Waals surface area contributed by atoms with Crippen molar-refractivity contribution in [2.75, 3.05) is 27.4 Å². The summed E-state index contributed by atoms with van der Waals surface area (Å²) >= 11 is 0. The molecule has 2 aliphatic rings. The number of halogens is 1. The Hall–Kier alpha value is -3.83. The van der Waals surface area contributed by atoms with Crippen LogP contribution in [0.25, 0.3) is 0 Å². The lowest BCUT2D eigenvalue weighted by Crippen LogP contribution is -2.43. The van der Waals surface area contributed by atoms with Gasteiger partial charge in [0.15, 0.2) is 17.3 Å². The number of ketones is 1. The third-order valence-electron chi connectivity index (χ3n) is 6.83. The Labute approximate surface area is 216 Å². The Kier molecular flexibility index (Phi) is 7.55. The molecule has 0 radical (unpaired) electrons. The van der Waals surface area contributed by atoms with Gasteiger partial charge in [0.25, 0.3) is 0 Å². The van der Waals surface area contributed by atoms with Gasteiger partial charge in [-0.05, 0) is 47.2 Å². The second-order valence-electron chi connectivity index (χ2n) is 10.1. The maximum atomic E-state index is 13.5. The fourth-order valence-electron chi connectivity index (χ4n) is 5.07. The normalized spacial score (nSPS) is 19.0. The fourth-order valence-corrected chi connectivity index (χ4v) is 5.07. The molecule has 2 aromatic carbocycles. The number of Topliss-reactive ketones (excluding diaryl/α,β-unsaturated/α-hetero) is 1. The molecule has 1 atom stereocenters. The van der Waals surface area contributed by atoms with Gasteiger partial charge < -0.3 is 24.8 Å². The first-order valence-electron chi connectivity index (χ1n) is 12.2. The van der Waals surface area contributed by atoms with E-state index in [4.69, 9.17) is 19.9 Å². The number of hydrogen-bond acceptors (Lipinski definition) is 7. The van der Waals surface area contributed by atoms with E-state index in [0.717, 1.165) is 16.8 Å². The summed E-state index contributed by atoms with van der Waals surface area (Å²) in [6.07, 6.45) is 1.04. The van der Waals surface area contributed by atoms with Gasteiger partial charge in [0, 0.05) is 31.3 Å². The molecule has 194 valence electrons. The fraction of sp³-hybridized carbons (Fsp3) is 0.379. The van der Waals surface area contributed by atoms with Crippen molar-refractivity contribution in [2.24, 2.45) is 11.1 Å². The zero-order valence-corrected chi connectivity index (χ0v) is 21.6. The van der Waals surface area contributed by atoms with Gasteiger partial charge >= 0.3 is 0 Å². The highest BCUT2D eigenvalue weighted by atomic mass is 19.1. The van der Waals surface area contributed by atoms with E-state index in [1.165, 1.54) is 19.2 Å². The Morgan fingerprint density at radius 3 is 2.51 bits per heavy atom. The van der Waals surface area contributed by atoms with Crippen LogP contribution in [0.5, 0.6) is 11.5 Å². The number of benzene rings is 2. The van der Waals surface area contributed by atoms with Crippen LogP contribution in [-0.2, 0) is 16.1 Å². The first-order valence-corrected chi connectivity index (χ1v) is 12.2. The molecule has 0 saturated heterocycles. The molecule has 8 heteroatoms. The molecule has 0 amide bonds. The summed E-state index contributed by atoms with van der Waals surface area (Å²) in [6.45, 7) is 5.21. The molecule has 0 fully saturated rings. The predicted molar refractivity (Wildman–Crippen MR) is 137 cm³/mol. The molecular formula is C29H32FN3O4. The molecule has 0 spiro atoms. The number of hydrogen-bond donors (Lipinski definition) is 1. The highest BCUT2D eigenvalue weighted by molar-refractivity contribution is 6.00. The van der Waals surface area contributed by atoms with Gasteiger partial charge in [-0.1, -0.05) is 32.0 Å². The lowest BCUT2D eigenvalue weighted by molar-refractivity contribution is -0.118. The lowest BCUT2D eigenvalue weighted by Gasteiger charge is -2.43. The van der Waals surface area contributed by atoms with Crippen LogP contribution in [0.4, 0.5) is 4.39 Å². The molecule has 4 rings (SSSR count). The molecule has 0 aromatic heterocycles. The van der Waals surface area contributed by atoms with Crippen LogP contribution in [0.1, 0.15) is 43.7 Å². The maximum Gasteiger partial charge on any atom is 0.162 e. The van der Waals surface area contributed by atoms with E-state index >= 15 is 0 Å². The molecule has 1 aliphatic heterocycles. The number of rotatable bonds is 8. The molecule has 1 heterocycles. The molecule has 37 heavy (non-hydrogen) atoms. The van der Waals surface area contributed by atoms with Crippen molar-refractivity contribution >= 4 is 5.78 Å². The maximum absolute atomic E-state index is 13.5. The molecule has 0 saturated carbocycles. The molecule has 7 nitrogen and oxygen atoms in total. The van der Waals surface area contributed by atoms with E-state index < -0.39 is 5.92 Å². The number of carbonyl (C=O) groups is 1. The van der Waals surface area contributed by atoms with Crippen LogP contribution < -0.4 is 15.2 Å². The SMILES string of the molecule is COCCN1C(N)=C(C#N)[C@@H](c2ccc(OCc3ccc(F)cc3)c(OC)c2)C2=C1CC(C)(C)CC2=O. The third-order valence-corrected chi connectivity index (χ3v) is 6.83.